The van der Waals surface area contributed by atoms with Crippen LogP contribution in [0.15, 0.2) is 0 Å². The molecule has 0 saturated carbocycles. The molecule has 4 heteroatoms. The van der Waals surface area contributed by atoms with Crippen LogP contribution in [-0.2, 0) is 0 Å². The van der Waals surface area contributed by atoms with E-state index in [2.05, 4.69) is 0 Å². The van der Waals surface area contributed by atoms with Crippen molar-refractivity contribution in [3.63, 3.8) is 0 Å². The van der Waals surface area contributed by atoms with E-state index in [1.54, 1.807) is 0 Å². The number of nitrogens with one attached hydrogen (secondary N) is 1. The lowest BCUT2D eigenvalue weighted by Gasteiger charge is -1.92. The van der Waals surface area contributed by atoms with Crippen molar-refractivity contribution >= 4 is 28.5 Å². The average Bonchev–Trinajstić information content (AvgIpc) is 1.66. The van der Waals surface area contributed by atoms with Gasteiger partial charge in [-0.05, 0) is 6.42 Å². The third-order valence-electron chi connectivity index (χ3n) is 0.536. The first kappa shape index (κ1) is 8.11. The number of hydrogen-bond acceptors (Lipinski definition) is 2. The molecule has 0 atom stereocenters. The predicted molar refractivity (Wildman–Crippen MR) is 39.7 cm³/mol. The first-order valence-corrected chi connectivity index (χ1v) is 3.82. The summed E-state index contributed by atoms with van der Waals surface area (Å²) in [5.41, 5.74) is 5.04. The second-order valence-corrected chi connectivity index (χ2v) is 2.77. The summed E-state index contributed by atoms with van der Waals surface area (Å²) in [5.74, 6) is 1.51. The average molecular weight is 153 g/mol. The van der Waals surface area contributed by atoms with E-state index in [9.17, 15) is 0 Å². The van der Waals surface area contributed by atoms with E-state index in [4.69, 9.17) is 22.7 Å². The van der Waals surface area contributed by atoms with Gasteiger partial charge in [-0.1, -0.05) is 11.8 Å². The fourth-order valence-electron chi connectivity index (χ4n) is 0.237. The van der Waals surface area contributed by atoms with Crippen molar-refractivity contribution in [1.82, 2.24) is 0 Å². The molecule has 0 bridgehead atoms. The van der Waals surface area contributed by atoms with Crippen LogP contribution in [0.2, 0.25) is 0 Å². The third kappa shape index (κ3) is 6.11. The second kappa shape index (κ2) is 5.25. The minimum atomic E-state index is 0.176. The molecule has 0 rings (SSSR count). The zero-order valence-corrected chi connectivity index (χ0v) is 6.06. The molecule has 48 valence electrons. The summed E-state index contributed by atoms with van der Waals surface area (Å²) < 4.78 is 0. The summed E-state index contributed by atoms with van der Waals surface area (Å²) in [4.78, 5) is 0. The molecular weight excluding hydrogens is 144 g/mol. The number of hydrogen-bond donors (Lipinski definition) is 2. The van der Waals surface area contributed by atoms with Gasteiger partial charge < -0.3 is 5.73 Å². The highest BCUT2D eigenvalue weighted by Crippen LogP contribution is 2.00. The lowest BCUT2D eigenvalue weighted by atomic mass is 10.6. The van der Waals surface area contributed by atoms with Crippen LogP contribution in [0.3, 0.4) is 0 Å². The molecule has 0 heterocycles. The highest BCUT2D eigenvalue weighted by Gasteiger charge is 1.87. The van der Waals surface area contributed by atoms with Gasteiger partial charge in [-0.2, -0.15) is 0 Å². The summed E-state index contributed by atoms with van der Waals surface area (Å²) in [5, 5.41) is 6.95. The highest BCUT2D eigenvalue weighted by atomic mass is 35.5. The zero-order chi connectivity index (χ0) is 6.41. The van der Waals surface area contributed by atoms with Crippen LogP contribution >= 0.6 is 23.4 Å². The van der Waals surface area contributed by atoms with E-state index in [1.165, 1.54) is 11.8 Å². The molecule has 0 fully saturated rings. The van der Waals surface area contributed by atoms with Crippen molar-refractivity contribution in [2.45, 2.75) is 6.42 Å². The topological polar surface area (TPSA) is 49.9 Å². The first-order valence-electron chi connectivity index (χ1n) is 2.30. The standard InChI is InChI=1S/C4H9ClN2S/c5-2-1-3-8-4(6)7/h1-3H2,(H3,6,7). The molecule has 2 nitrogen and oxygen atoms in total. The maximum atomic E-state index is 6.77. The van der Waals surface area contributed by atoms with Gasteiger partial charge in [0, 0.05) is 11.6 Å². The quantitative estimate of drug-likeness (QED) is 0.277. The summed E-state index contributed by atoms with van der Waals surface area (Å²) in [7, 11) is 0. The molecule has 0 aliphatic rings. The summed E-state index contributed by atoms with van der Waals surface area (Å²) in [6.07, 6.45) is 0.922. The van der Waals surface area contributed by atoms with E-state index in [0.717, 1.165) is 12.2 Å². The monoisotopic (exact) mass is 152 g/mol. The van der Waals surface area contributed by atoms with E-state index in [0.29, 0.717) is 5.88 Å². The Balaban J connectivity index is 2.82. The molecule has 0 saturated heterocycles. The number of amidine groups is 1. The van der Waals surface area contributed by atoms with Crippen LogP contribution < -0.4 is 5.73 Å². The molecule has 3 N–H and O–H groups in total. The van der Waals surface area contributed by atoms with E-state index in [1.807, 2.05) is 0 Å². The minimum absolute atomic E-state index is 0.176. The Morgan fingerprint density at radius 1 is 1.75 bits per heavy atom. The predicted octanol–water partition coefficient (Wildman–Crippen LogP) is 1.24. The Bertz CT molecular complexity index is 76.4. The van der Waals surface area contributed by atoms with Crippen LogP contribution in [0.5, 0.6) is 0 Å². The van der Waals surface area contributed by atoms with E-state index >= 15 is 0 Å². The fourth-order valence-corrected chi connectivity index (χ4v) is 1.04. The van der Waals surface area contributed by atoms with Crippen molar-refractivity contribution in [2.75, 3.05) is 11.6 Å². The van der Waals surface area contributed by atoms with Crippen LogP contribution in [0, 0.1) is 5.41 Å². The van der Waals surface area contributed by atoms with Gasteiger partial charge >= 0.3 is 0 Å². The lowest BCUT2D eigenvalue weighted by molar-refractivity contribution is 1.12. The normalized spacial score (nSPS) is 9.12. The Hall–Kier alpha value is 0.110. The van der Waals surface area contributed by atoms with Gasteiger partial charge in [-0.25, -0.2) is 0 Å². The number of halogens is 1. The summed E-state index contributed by atoms with van der Waals surface area (Å²) in [6, 6.07) is 0. The largest absolute Gasteiger partial charge is 0.379 e. The van der Waals surface area contributed by atoms with Gasteiger partial charge in [0.1, 0.15) is 0 Å². The zero-order valence-electron chi connectivity index (χ0n) is 4.48. The van der Waals surface area contributed by atoms with Crippen LogP contribution in [0.25, 0.3) is 0 Å². The first-order chi connectivity index (χ1) is 3.77. The maximum Gasteiger partial charge on any atom is 0.151 e. The highest BCUT2D eigenvalue weighted by molar-refractivity contribution is 8.13. The molecule has 0 aromatic rings. The SMILES string of the molecule is N=C(N)SCCCCl. The van der Waals surface area contributed by atoms with E-state index < -0.39 is 0 Å². The van der Waals surface area contributed by atoms with Gasteiger partial charge in [-0.15, -0.1) is 11.6 Å². The molecule has 0 aliphatic heterocycles. The van der Waals surface area contributed by atoms with Crippen LogP contribution in [0.4, 0.5) is 0 Å². The lowest BCUT2D eigenvalue weighted by Crippen LogP contribution is -2.04. The van der Waals surface area contributed by atoms with Crippen molar-refractivity contribution in [1.29, 1.82) is 5.41 Å². The molecule has 0 radical (unpaired) electrons. The Morgan fingerprint density at radius 2 is 2.38 bits per heavy atom. The van der Waals surface area contributed by atoms with Gasteiger partial charge in [-0.3, -0.25) is 5.41 Å². The molecular formula is C4H9ClN2S. The number of nitrogens with two attached hydrogens (primary N) is 1. The molecule has 8 heavy (non-hydrogen) atoms. The summed E-state index contributed by atoms with van der Waals surface area (Å²) >= 11 is 6.69. The molecule has 0 aromatic heterocycles. The Labute approximate surface area is 58.3 Å². The minimum Gasteiger partial charge on any atom is -0.379 e. The third-order valence-corrected chi connectivity index (χ3v) is 1.61. The molecule has 0 aliphatic carbocycles. The van der Waals surface area contributed by atoms with Crippen LogP contribution in [-0.4, -0.2) is 16.8 Å². The summed E-state index contributed by atoms with van der Waals surface area (Å²) in [6.45, 7) is 0. The van der Waals surface area contributed by atoms with Gasteiger partial charge in [0.15, 0.2) is 5.17 Å². The Morgan fingerprint density at radius 3 is 2.75 bits per heavy atom. The molecule has 0 amide bonds. The van der Waals surface area contributed by atoms with Crippen LogP contribution in [0.1, 0.15) is 6.42 Å². The van der Waals surface area contributed by atoms with Crippen molar-refractivity contribution in [2.24, 2.45) is 5.73 Å². The number of alkyl halides is 1. The smallest absolute Gasteiger partial charge is 0.151 e. The van der Waals surface area contributed by atoms with Crippen molar-refractivity contribution < 1.29 is 0 Å². The fraction of sp³-hybridized carbons (Fsp3) is 0.750. The molecule has 0 spiro atoms. The van der Waals surface area contributed by atoms with Gasteiger partial charge in [0.05, 0.1) is 0 Å². The van der Waals surface area contributed by atoms with E-state index in [-0.39, 0.29) is 5.17 Å². The van der Waals surface area contributed by atoms with Gasteiger partial charge in [0.25, 0.3) is 0 Å². The molecule has 0 unspecified atom stereocenters. The van der Waals surface area contributed by atoms with Crippen molar-refractivity contribution in [3.05, 3.63) is 0 Å². The number of thioether (sulfide) groups is 1. The van der Waals surface area contributed by atoms with Crippen molar-refractivity contribution in [3.8, 4) is 0 Å². The molecule has 0 aromatic carbocycles. The van der Waals surface area contributed by atoms with Gasteiger partial charge in [0.2, 0.25) is 0 Å². The Kier molecular flexibility index (Phi) is 5.32. The maximum absolute atomic E-state index is 6.77. The number of rotatable bonds is 3. The second-order valence-electron chi connectivity index (χ2n) is 1.26.